The topological polar surface area (TPSA) is 56.9 Å². The molecular weight excluding hydrogens is 437 g/mol. The van der Waals surface area contributed by atoms with Gasteiger partial charge in [-0.1, -0.05) is 41.1 Å². The molecule has 31 heavy (non-hydrogen) atoms. The highest BCUT2D eigenvalue weighted by Crippen LogP contribution is 2.40. The average molecular weight is 458 g/mol. The molecule has 1 aliphatic heterocycles. The Bertz CT molecular complexity index is 1230. The molecule has 0 radical (unpaired) electrons. The highest BCUT2D eigenvalue weighted by atomic mass is 35.5. The molecule has 2 aromatic heterocycles. The van der Waals surface area contributed by atoms with Gasteiger partial charge < -0.3 is 10.0 Å². The van der Waals surface area contributed by atoms with E-state index in [2.05, 4.69) is 25.9 Å². The number of rotatable bonds is 4. The zero-order valence-electron chi connectivity index (χ0n) is 16.9. The summed E-state index contributed by atoms with van der Waals surface area (Å²) in [5.74, 6) is 0.368. The van der Waals surface area contributed by atoms with Crippen LogP contribution in [0.1, 0.15) is 22.3 Å². The molecular formula is C22H21ClFN5OS. The highest BCUT2D eigenvalue weighted by Gasteiger charge is 2.32. The van der Waals surface area contributed by atoms with Crippen LogP contribution in [-0.2, 0) is 0 Å². The Balaban J connectivity index is 1.48. The zero-order valence-corrected chi connectivity index (χ0v) is 18.4. The lowest BCUT2D eigenvalue weighted by Gasteiger charge is -2.40. The van der Waals surface area contributed by atoms with Gasteiger partial charge in [0, 0.05) is 36.9 Å². The largest absolute Gasteiger partial charge is 0.492 e. The molecule has 3 heterocycles. The normalized spacial score (nSPS) is 16.2. The molecule has 2 aromatic carbocycles. The Morgan fingerprint density at radius 2 is 1.87 bits per heavy atom. The number of anilines is 1. The molecule has 0 saturated carbocycles. The summed E-state index contributed by atoms with van der Waals surface area (Å²) in [4.78, 5) is 10.3. The van der Waals surface area contributed by atoms with Gasteiger partial charge in [0.1, 0.15) is 11.6 Å². The third-order valence-corrected chi connectivity index (χ3v) is 6.88. The molecule has 0 bridgehead atoms. The van der Waals surface area contributed by atoms with Gasteiger partial charge in [0.2, 0.25) is 10.8 Å². The summed E-state index contributed by atoms with van der Waals surface area (Å²) in [5, 5.41) is 15.9. The lowest BCUT2D eigenvalue weighted by molar-refractivity contribution is 0.211. The number of thiazole rings is 1. The van der Waals surface area contributed by atoms with Gasteiger partial charge in [-0.3, -0.25) is 4.90 Å². The molecule has 1 unspecified atom stereocenters. The molecule has 5 rings (SSSR count). The van der Waals surface area contributed by atoms with Gasteiger partial charge in [-0.25, -0.2) is 9.37 Å². The molecule has 160 valence electrons. The van der Waals surface area contributed by atoms with E-state index in [0.717, 1.165) is 42.3 Å². The Kier molecular flexibility index (Phi) is 5.29. The second-order valence-corrected chi connectivity index (χ2v) is 9.05. The van der Waals surface area contributed by atoms with Gasteiger partial charge in [0.05, 0.1) is 10.9 Å². The minimum atomic E-state index is -0.296. The Morgan fingerprint density at radius 1 is 1.10 bits per heavy atom. The van der Waals surface area contributed by atoms with Crippen LogP contribution in [-0.4, -0.2) is 50.8 Å². The molecule has 1 atom stereocenters. The van der Waals surface area contributed by atoms with Crippen molar-refractivity contribution in [3.63, 3.8) is 0 Å². The van der Waals surface area contributed by atoms with E-state index in [1.54, 1.807) is 13.0 Å². The lowest BCUT2D eigenvalue weighted by atomic mass is 10.0. The van der Waals surface area contributed by atoms with E-state index in [4.69, 9.17) is 11.6 Å². The van der Waals surface area contributed by atoms with Crippen molar-refractivity contribution in [3.8, 4) is 5.88 Å². The van der Waals surface area contributed by atoms with Crippen LogP contribution >= 0.6 is 22.9 Å². The van der Waals surface area contributed by atoms with Gasteiger partial charge in [-0.2, -0.15) is 4.52 Å². The van der Waals surface area contributed by atoms with Crippen LogP contribution in [0.15, 0.2) is 48.5 Å². The number of hydrogen-bond acceptors (Lipinski definition) is 6. The molecule has 0 aliphatic carbocycles. The molecule has 9 heteroatoms. The monoisotopic (exact) mass is 457 g/mol. The standard InChI is InChI=1S/C22H21ClFN5OS/c1-14-25-22-29(26-14)21(30)20(31-22)19(15-4-2-6-17(24)12-15)28-10-8-27(9-11-28)18-7-3-5-16(23)13-18/h2-7,12-13,19,30H,8-11H2,1H3. The van der Waals surface area contributed by atoms with Crippen LogP contribution in [0.25, 0.3) is 4.96 Å². The first-order chi connectivity index (χ1) is 15.0. The van der Waals surface area contributed by atoms with Crippen molar-refractivity contribution in [1.29, 1.82) is 0 Å². The average Bonchev–Trinajstić information content (AvgIpc) is 3.26. The van der Waals surface area contributed by atoms with Crippen LogP contribution < -0.4 is 4.90 Å². The molecule has 1 N–H and O–H groups in total. The summed E-state index contributed by atoms with van der Waals surface area (Å²) < 4.78 is 15.6. The zero-order chi connectivity index (χ0) is 21.5. The van der Waals surface area contributed by atoms with Crippen LogP contribution in [0.5, 0.6) is 5.88 Å². The van der Waals surface area contributed by atoms with Crippen molar-refractivity contribution in [2.45, 2.75) is 13.0 Å². The lowest BCUT2D eigenvalue weighted by Crippen LogP contribution is -2.47. The smallest absolute Gasteiger partial charge is 0.230 e. The third-order valence-electron chi connectivity index (χ3n) is 5.57. The van der Waals surface area contributed by atoms with Crippen LogP contribution in [0.4, 0.5) is 10.1 Å². The van der Waals surface area contributed by atoms with Crippen molar-refractivity contribution in [1.82, 2.24) is 19.5 Å². The van der Waals surface area contributed by atoms with E-state index in [1.165, 1.54) is 28.0 Å². The summed E-state index contributed by atoms with van der Waals surface area (Å²) in [5.41, 5.74) is 1.89. The van der Waals surface area contributed by atoms with Crippen LogP contribution in [0.2, 0.25) is 5.02 Å². The van der Waals surface area contributed by atoms with Crippen LogP contribution in [0, 0.1) is 12.7 Å². The second kappa shape index (κ2) is 8.11. The first-order valence-corrected chi connectivity index (χ1v) is 11.2. The Morgan fingerprint density at radius 3 is 2.58 bits per heavy atom. The molecule has 0 spiro atoms. The number of aromatic nitrogens is 3. The molecule has 1 saturated heterocycles. The minimum absolute atomic E-state index is 0.0622. The quantitative estimate of drug-likeness (QED) is 0.488. The van der Waals surface area contributed by atoms with E-state index < -0.39 is 0 Å². The molecule has 6 nitrogen and oxygen atoms in total. The number of halogens is 2. The molecule has 4 aromatic rings. The fourth-order valence-corrected chi connectivity index (χ4v) is 5.49. The maximum atomic E-state index is 14.1. The van der Waals surface area contributed by atoms with E-state index >= 15 is 0 Å². The fourth-order valence-electron chi connectivity index (χ4n) is 4.14. The minimum Gasteiger partial charge on any atom is -0.492 e. The summed E-state index contributed by atoms with van der Waals surface area (Å²) in [7, 11) is 0. The highest BCUT2D eigenvalue weighted by molar-refractivity contribution is 7.17. The van der Waals surface area contributed by atoms with Crippen molar-refractivity contribution in [2.75, 3.05) is 31.1 Å². The maximum Gasteiger partial charge on any atom is 0.230 e. The van der Waals surface area contributed by atoms with Crippen molar-refractivity contribution in [2.24, 2.45) is 0 Å². The summed E-state index contributed by atoms with van der Waals surface area (Å²) in [6, 6.07) is 14.1. The SMILES string of the molecule is Cc1nc2sc(C(c3cccc(F)c3)N3CCN(c4cccc(Cl)c4)CC3)c(O)n2n1. The van der Waals surface area contributed by atoms with Gasteiger partial charge in [-0.15, -0.1) is 5.10 Å². The van der Waals surface area contributed by atoms with Crippen LogP contribution in [0.3, 0.4) is 0 Å². The van der Waals surface area contributed by atoms with E-state index in [9.17, 15) is 9.50 Å². The first-order valence-electron chi connectivity index (χ1n) is 10.0. The summed E-state index contributed by atoms with van der Waals surface area (Å²) in [6.07, 6.45) is 0. The maximum absolute atomic E-state index is 14.1. The summed E-state index contributed by atoms with van der Waals surface area (Å²) in [6.45, 7) is 4.89. The van der Waals surface area contributed by atoms with E-state index in [1.807, 2.05) is 24.3 Å². The Labute approximate surface area is 188 Å². The van der Waals surface area contributed by atoms with Crippen molar-refractivity contribution >= 4 is 33.6 Å². The predicted octanol–water partition coefficient (Wildman–Crippen LogP) is 4.51. The van der Waals surface area contributed by atoms with E-state index in [0.29, 0.717) is 15.8 Å². The van der Waals surface area contributed by atoms with Gasteiger partial charge in [0.15, 0.2) is 0 Å². The van der Waals surface area contributed by atoms with Gasteiger partial charge >= 0.3 is 0 Å². The van der Waals surface area contributed by atoms with E-state index in [-0.39, 0.29) is 17.7 Å². The van der Waals surface area contributed by atoms with Gasteiger partial charge in [0.25, 0.3) is 0 Å². The molecule has 1 fully saturated rings. The number of hydrogen-bond donors (Lipinski definition) is 1. The number of aromatic hydroxyl groups is 1. The number of aryl methyl sites for hydroxylation is 1. The van der Waals surface area contributed by atoms with Crippen molar-refractivity contribution < 1.29 is 9.50 Å². The number of nitrogens with zero attached hydrogens (tertiary/aromatic N) is 5. The molecule has 0 amide bonds. The third kappa shape index (κ3) is 3.86. The number of benzene rings is 2. The Hall–Kier alpha value is -2.68. The number of piperazine rings is 1. The van der Waals surface area contributed by atoms with Crippen molar-refractivity contribution in [3.05, 3.63) is 75.6 Å². The van der Waals surface area contributed by atoms with Gasteiger partial charge in [-0.05, 0) is 42.8 Å². The summed E-state index contributed by atoms with van der Waals surface area (Å²) >= 11 is 7.55. The second-order valence-electron chi connectivity index (χ2n) is 7.60. The number of fused-ring (bicyclic) bond motifs is 1. The fraction of sp³-hybridized carbons (Fsp3) is 0.273. The first kappa shape index (κ1) is 20.2. The molecule has 1 aliphatic rings. The predicted molar refractivity (Wildman–Crippen MR) is 121 cm³/mol.